The molecule has 2 aromatic rings. The van der Waals surface area contributed by atoms with Gasteiger partial charge in [-0.3, -0.25) is 0 Å². The first kappa shape index (κ1) is 15.4. The van der Waals surface area contributed by atoms with Gasteiger partial charge >= 0.3 is 0 Å². The van der Waals surface area contributed by atoms with E-state index in [1.54, 1.807) is 7.11 Å². The number of nitrogens with zero attached hydrogens (tertiary/aromatic N) is 3. The maximum atomic E-state index is 5.40. The number of para-hydroxylation sites is 1. The van der Waals surface area contributed by atoms with Crippen LogP contribution >= 0.6 is 11.8 Å². The van der Waals surface area contributed by atoms with Crippen LogP contribution in [0.25, 0.3) is 0 Å². The van der Waals surface area contributed by atoms with Crippen molar-refractivity contribution < 1.29 is 4.74 Å². The molecule has 0 aliphatic heterocycles. The highest BCUT2D eigenvalue weighted by molar-refractivity contribution is 7.98. The van der Waals surface area contributed by atoms with Gasteiger partial charge in [-0.1, -0.05) is 30.0 Å². The lowest BCUT2D eigenvalue weighted by molar-refractivity contribution is 0.409. The van der Waals surface area contributed by atoms with Crippen LogP contribution in [0.1, 0.15) is 5.56 Å². The van der Waals surface area contributed by atoms with Gasteiger partial charge in [0.1, 0.15) is 17.4 Å². The number of nitrogens with one attached hydrogen (secondary N) is 1. The molecule has 0 bridgehead atoms. The standard InChI is InChI=1S/C15H20N4OS/c1-16-13-9-14(18-15(17-13)21-4)19(2)10-11-7-5-6-8-12(11)20-3/h5-9H,10H2,1-4H3,(H,16,17,18). The van der Waals surface area contributed by atoms with Crippen molar-refractivity contribution in [2.75, 3.05) is 37.7 Å². The number of ether oxygens (including phenoxy) is 1. The minimum absolute atomic E-state index is 0.720. The van der Waals surface area contributed by atoms with E-state index in [2.05, 4.69) is 26.3 Å². The molecule has 0 spiro atoms. The van der Waals surface area contributed by atoms with Gasteiger partial charge in [0.2, 0.25) is 0 Å². The van der Waals surface area contributed by atoms with Gasteiger partial charge in [0.25, 0.3) is 0 Å². The number of thioether (sulfide) groups is 1. The van der Waals surface area contributed by atoms with Crippen LogP contribution in [0.2, 0.25) is 0 Å². The molecule has 0 amide bonds. The molecule has 21 heavy (non-hydrogen) atoms. The SMILES string of the molecule is CNc1cc(N(C)Cc2ccccc2OC)nc(SC)n1. The molecule has 2 rings (SSSR count). The van der Waals surface area contributed by atoms with Crippen molar-refractivity contribution in [3.63, 3.8) is 0 Å². The molecule has 5 nitrogen and oxygen atoms in total. The van der Waals surface area contributed by atoms with Crippen LogP contribution in [-0.4, -0.2) is 37.4 Å². The van der Waals surface area contributed by atoms with Crippen LogP contribution in [0.4, 0.5) is 11.6 Å². The molecule has 0 saturated carbocycles. The van der Waals surface area contributed by atoms with E-state index in [1.165, 1.54) is 11.8 Å². The van der Waals surface area contributed by atoms with E-state index < -0.39 is 0 Å². The maximum absolute atomic E-state index is 5.40. The highest BCUT2D eigenvalue weighted by atomic mass is 32.2. The molecular weight excluding hydrogens is 284 g/mol. The number of hydrogen-bond acceptors (Lipinski definition) is 6. The first-order valence-electron chi connectivity index (χ1n) is 6.61. The zero-order valence-electron chi connectivity index (χ0n) is 12.8. The van der Waals surface area contributed by atoms with Crippen LogP contribution in [-0.2, 0) is 6.54 Å². The van der Waals surface area contributed by atoms with E-state index in [1.807, 2.05) is 44.6 Å². The maximum Gasteiger partial charge on any atom is 0.191 e. The fourth-order valence-corrected chi connectivity index (χ4v) is 2.37. The molecule has 1 N–H and O–H groups in total. The molecule has 6 heteroatoms. The molecule has 0 atom stereocenters. The first-order chi connectivity index (χ1) is 10.2. The van der Waals surface area contributed by atoms with Crippen molar-refractivity contribution in [1.29, 1.82) is 0 Å². The van der Waals surface area contributed by atoms with Gasteiger partial charge in [-0.25, -0.2) is 9.97 Å². The normalized spacial score (nSPS) is 10.3. The third-order valence-corrected chi connectivity index (χ3v) is 3.67. The summed E-state index contributed by atoms with van der Waals surface area (Å²) in [5, 5.41) is 3.82. The number of rotatable bonds is 6. The van der Waals surface area contributed by atoms with Gasteiger partial charge in [0.05, 0.1) is 7.11 Å². The lowest BCUT2D eigenvalue weighted by atomic mass is 10.2. The summed E-state index contributed by atoms with van der Waals surface area (Å²) in [5.41, 5.74) is 1.12. The Morgan fingerprint density at radius 2 is 2.05 bits per heavy atom. The van der Waals surface area contributed by atoms with Crippen LogP contribution in [0.5, 0.6) is 5.75 Å². The summed E-state index contributed by atoms with van der Waals surface area (Å²) in [4.78, 5) is 11.0. The fourth-order valence-electron chi connectivity index (χ4n) is 2.00. The zero-order chi connectivity index (χ0) is 15.2. The predicted octanol–water partition coefficient (Wildman–Crippen LogP) is 2.89. The van der Waals surface area contributed by atoms with Crippen molar-refractivity contribution >= 4 is 23.4 Å². The van der Waals surface area contributed by atoms with E-state index in [0.717, 1.165) is 34.6 Å². The summed E-state index contributed by atoms with van der Waals surface area (Å²) in [6.45, 7) is 0.720. The van der Waals surface area contributed by atoms with Gasteiger partial charge in [0, 0.05) is 32.3 Å². The predicted molar refractivity (Wildman–Crippen MR) is 88.5 cm³/mol. The summed E-state index contributed by atoms with van der Waals surface area (Å²) in [6.07, 6.45) is 1.97. The Labute approximate surface area is 129 Å². The topological polar surface area (TPSA) is 50.3 Å². The van der Waals surface area contributed by atoms with E-state index in [0.29, 0.717) is 0 Å². The van der Waals surface area contributed by atoms with Gasteiger partial charge < -0.3 is 15.0 Å². The Morgan fingerprint density at radius 3 is 2.71 bits per heavy atom. The third kappa shape index (κ3) is 3.78. The molecule has 0 aliphatic carbocycles. The lowest BCUT2D eigenvalue weighted by Gasteiger charge is -2.20. The third-order valence-electron chi connectivity index (χ3n) is 3.12. The van der Waals surface area contributed by atoms with E-state index in [4.69, 9.17) is 4.74 Å². The van der Waals surface area contributed by atoms with Crippen LogP contribution in [0.15, 0.2) is 35.5 Å². The number of hydrogen-bond donors (Lipinski definition) is 1. The van der Waals surface area contributed by atoms with Gasteiger partial charge in [-0.15, -0.1) is 0 Å². The van der Waals surface area contributed by atoms with Crippen LogP contribution in [0.3, 0.4) is 0 Å². The van der Waals surface area contributed by atoms with E-state index >= 15 is 0 Å². The monoisotopic (exact) mass is 304 g/mol. The quantitative estimate of drug-likeness (QED) is 0.654. The van der Waals surface area contributed by atoms with Crippen molar-refractivity contribution in [1.82, 2.24) is 9.97 Å². The van der Waals surface area contributed by atoms with Crippen LogP contribution in [0, 0.1) is 0 Å². The molecule has 0 unspecified atom stereocenters. The second-order valence-electron chi connectivity index (χ2n) is 4.52. The van der Waals surface area contributed by atoms with Gasteiger partial charge in [-0.05, 0) is 12.3 Å². The molecule has 0 saturated heterocycles. The smallest absolute Gasteiger partial charge is 0.191 e. The molecule has 1 aromatic carbocycles. The summed E-state index contributed by atoms with van der Waals surface area (Å²) in [7, 11) is 5.56. The Hall–Kier alpha value is -1.95. The van der Waals surface area contributed by atoms with Crippen molar-refractivity contribution in [2.24, 2.45) is 0 Å². The van der Waals surface area contributed by atoms with Crippen molar-refractivity contribution in [3.8, 4) is 5.75 Å². The summed E-state index contributed by atoms with van der Waals surface area (Å²) < 4.78 is 5.40. The number of anilines is 2. The number of aromatic nitrogens is 2. The minimum atomic E-state index is 0.720. The second-order valence-corrected chi connectivity index (χ2v) is 5.29. The summed E-state index contributed by atoms with van der Waals surface area (Å²) >= 11 is 1.53. The molecule has 112 valence electrons. The average molecular weight is 304 g/mol. The number of benzene rings is 1. The minimum Gasteiger partial charge on any atom is -0.496 e. The highest BCUT2D eigenvalue weighted by Gasteiger charge is 2.10. The van der Waals surface area contributed by atoms with Crippen LogP contribution < -0.4 is 15.0 Å². The number of methoxy groups -OCH3 is 1. The van der Waals surface area contributed by atoms with Gasteiger partial charge in [0.15, 0.2) is 5.16 Å². The van der Waals surface area contributed by atoms with E-state index in [-0.39, 0.29) is 0 Å². The Bertz CT molecular complexity index is 584. The fraction of sp³-hybridized carbons (Fsp3) is 0.333. The lowest BCUT2D eigenvalue weighted by Crippen LogP contribution is -2.19. The Kier molecular flexibility index (Phi) is 5.27. The molecule has 1 aromatic heterocycles. The molecule has 0 aliphatic rings. The molecular formula is C15H20N4OS. The Morgan fingerprint density at radius 1 is 1.29 bits per heavy atom. The first-order valence-corrected chi connectivity index (χ1v) is 7.84. The van der Waals surface area contributed by atoms with Crippen molar-refractivity contribution in [2.45, 2.75) is 11.7 Å². The Balaban J connectivity index is 2.25. The summed E-state index contributed by atoms with van der Waals surface area (Å²) in [6, 6.07) is 9.95. The molecule has 1 heterocycles. The van der Waals surface area contributed by atoms with E-state index in [9.17, 15) is 0 Å². The summed E-state index contributed by atoms with van der Waals surface area (Å²) in [5.74, 6) is 2.58. The van der Waals surface area contributed by atoms with Gasteiger partial charge in [-0.2, -0.15) is 0 Å². The molecule has 0 radical (unpaired) electrons. The highest BCUT2D eigenvalue weighted by Crippen LogP contribution is 2.23. The average Bonchev–Trinajstić information content (AvgIpc) is 2.54. The van der Waals surface area contributed by atoms with Crippen molar-refractivity contribution in [3.05, 3.63) is 35.9 Å². The largest absolute Gasteiger partial charge is 0.496 e. The second kappa shape index (κ2) is 7.17. The molecule has 0 fully saturated rings. The zero-order valence-corrected chi connectivity index (χ0v) is 13.6.